The highest BCUT2D eigenvalue weighted by atomic mass is 15.4. The Bertz CT molecular complexity index is 260. The van der Waals surface area contributed by atoms with Crippen molar-refractivity contribution < 1.29 is 0 Å². The van der Waals surface area contributed by atoms with E-state index in [4.69, 9.17) is 0 Å². The summed E-state index contributed by atoms with van der Waals surface area (Å²) in [5.41, 5.74) is 1.92. The number of hydrogen-bond donors (Lipinski definition) is 0. The van der Waals surface area contributed by atoms with Crippen molar-refractivity contribution in [1.82, 2.24) is 5.01 Å². The van der Waals surface area contributed by atoms with Gasteiger partial charge in [0.1, 0.15) is 0 Å². The quantitative estimate of drug-likeness (QED) is 0.644. The summed E-state index contributed by atoms with van der Waals surface area (Å²) >= 11 is 0. The highest BCUT2D eigenvalue weighted by Gasteiger charge is 2.01. The molecule has 0 atom stereocenters. The molecule has 1 rings (SSSR count). The fourth-order valence-electron chi connectivity index (χ4n) is 0.863. The zero-order valence-corrected chi connectivity index (χ0v) is 11.6. The molecule has 0 aromatic heterocycles. The molecule has 0 spiro atoms. The Morgan fingerprint density at radius 1 is 1.12 bits per heavy atom. The maximum atomic E-state index is 4.35. The first kappa shape index (κ1) is 17.1. The highest BCUT2D eigenvalue weighted by Crippen LogP contribution is 2.06. The van der Waals surface area contributed by atoms with Crippen LogP contribution in [-0.2, 0) is 0 Å². The Hall–Kier alpha value is -1.31. The molecule has 2 nitrogen and oxygen atoms in total. The molecular formula is C14H26N2. The molecule has 16 heavy (non-hydrogen) atoms. The topological polar surface area (TPSA) is 15.6 Å². The third-order valence-corrected chi connectivity index (χ3v) is 1.73. The van der Waals surface area contributed by atoms with E-state index in [0.29, 0.717) is 0 Å². The van der Waals surface area contributed by atoms with Gasteiger partial charge in [-0.15, -0.1) is 0 Å². The van der Waals surface area contributed by atoms with E-state index in [9.17, 15) is 0 Å². The molecule has 0 saturated carbocycles. The fourth-order valence-corrected chi connectivity index (χ4v) is 0.863. The molecule has 0 N–H and O–H groups in total. The molecule has 0 saturated heterocycles. The van der Waals surface area contributed by atoms with Gasteiger partial charge in [0.15, 0.2) is 0 Å². The van der Waals surface area contributed by atoms with Gasteiger partial charge in [0.25, 0.3) is 0 Å². The normalized spacial score (nSPS) is 14.9. The Kier molecular flexibility index (Phi) is 12.6. The molecule has 0 aliphatic heterocycles. The van der Waals surface area contributed by atoms with E-state index in [1.807, 2.05) is 64.1 Å². The predicted octanol–water partition coefficient (Wildman–Crippen LogP) is 4.03. The van der Waals surface area contributed by atoms with E-state index in [-0.39, 0.29) is 0 Å². The van der Waals surface area contributed by atoms with Crippen LogP contribution in [0.25, 0.3) is 0 Å². The van der Waals surface area contributed by atoms with Gasteiger partial charge in [-0.2, -0.15) is 5.10 Å². The molecule has 0 radical (unpaired) electrons. The summed E-state index contributed by atoms with van der Waals surface area (Å²) in [4.78, 5) is 0. The van der Waals surface area contributed by atoms with E-state index in [1.165, 1.54) is 0 Å². The van der Waals surface area contributed by atoms with Crippen LogP contribution >= 0.6 is 0 Å². The Morgan fingerprint density at radius 3 is 2.06 bits per heavy atom. The Labute approximate surface area is 101 Å². The lowest BCUT2D eigenvalue weighted by Gasteiger charge is -2.12. The number of rotatable bonds is 2. The molecule has 0 amide bonds. The lowest BCUT2D eigenvalue weighted by atomic mass is 10.1. The van der Waals surface area contributed by atoms with E-state index in [1.54, 1.807) is 0 Å². The minimum Gasteiger partial charge on any atom is -0.300 e. The summed E-state index contributed by atoms with van der Waals surface area (Å²) in [7, 11) is 1.95. The second-order valence-electron chi connectivity index (χ2n) is 2.70. The van der Waals surface area contributed by atoms with Gasteiger partial charge in [-0.1, -0.05) is 52.5 Å². The first-order valence-electron chi connectivity index (χ1n) is 6.08. The molecule has 0 fully saturated rings. The molecule has 1 aliphatic carbocycles. The van der Waals surface area contributed by atoms with E-state index in [2.05, 4.69) is 18.6 Å². The van der Waals surface area contributed by atoms with E-state index >= 15 is 0 Å². The van der Waals surface area contributed by atoms with Crippen molar-refractivity contribution in [2.45, 2.75) is 34.6 Å². The van der Waals surface area contributed by atoms with Gasteiger partial charge in [0.2, 0.25) is 0 Å². The third kappa shape index (κ3) is 7.04. The molecule has 0 bridgehead atoms. The lowest BCUT2D eigenvalue weighted by Crippen LogP contribution is -2.13. The maximum Gasteiger partial charge on any atom is 0.0897 e. The van der Waals surface area contributed by atoms with Crippen molar-refractivity contribution in [2.75, 3.05) is 13.6 Å². The summed E-state index contributed by atoms with van der Waals surface area (Å²) in [6.07, 6.45) is 7.86. The molecule has 0 heterocycles. The third-order valence-electron chi connectivity index (χ3n) is 1.73. The van der Waals surface area contributed by atoms with Gasteiger partial charge in [-0.3, -0.25) is 5.01 Å². The fraction of sp³-hybridized carbons (Fsp3) is 0.500. The summed E-state index contributed by atoms with van der Waals surface area (Å²) in [5, 5.41) is 6.24. The SMILES string of the molecule is C=C1C=CC=C/C1=N/N(C)CC.CC.CC. The van der Waals surface area contributed by atoms with Gasteiger partial charge in [0.05, 0.1) is 5.71 Å². The van der Waals surface area contributed by atoms with E-state index in [0.717, 1.165) is 17.8 Å². The van der Waals surface area contributed by atoms with Crippen LogP contribution in [0.3, 0.4) is 0 Å². The van der Waals surface area contributed by atoms with Crippen LogP contribution in [0.1, 0.15) is 34.6 Å². The zero-order valence-electron chi connectivity index (χ0n) is 11.6. The van der Waals surface area contributed by atoms with Crippen molar-refractivity contribution in [1.29, 1.82) is 0 Å². The van der Waals surface area contributed by atoms with Crippen LogP contribution in [0, 0.1) is 0 Å². The molecule has 1 aliphatic rings. The highest BCUT2D eigenvalue weighted by molar-refractivity contribution is 6.10. The minimum absolute atomic E-state index is 0.911. The summed E-state index contributed by atoms with van der Waals surface area (Å²) in [6.45, 7) is 14.9. The van der Waals surface area contributed by atoms with E-state index < -0.39 is 0 Å². The minimum atomic E-state index is 0.911. The Balaban J connectivity index is 0. The molecule has 92 valence electrons. The van der Waals surface area contributed by atoms with Gasteiger partial charge in [-0.05, 0) is 18.6 Å². The molecule has 0 aromatic carbocycles. The van der Waals surface area contributed by atoms with Gasteiger partial charge in [0, 0.05) is 13.6 Å². The predicted molar refractivity (Wildman–Crippen MR) is 75.9 cm³/mol. The molecule has 0 unspecified atom stereocenters. The molecular weight excluding hydrogens is 196 g/mol. The van der Waals surface area contributed by atoms with Crippen LogP contribution in [0.2, 0.25) is 0 Å². The number of hydrazone groups is 1. The second-order valence-corrected chi connectivity index (χ2v) is 2.70. The van der Waals surface area contributed by atoms with Crippen molar-refractivity contribution in [3.63, 3.8) is 0 Å². The lowest BCUT2D eigenvalue weighted by molar-refractivity contribution is 0.376. The molecule has 0 aromatic rings. The number of hydrogen-bond acceptors (Lipinski definition) is 2. The first-order valence-corrected chi connectivity index (χ1v) is 6.08. The second kappa shape index (κ2) is 11.8. The van der Waals surface area contributed by atoms with Crippen LogP contribution < -0.4 is 0 Å². The Morgan fingerprint density at radius 2 is 1.62 bits per heavy atom. The van der Waals surface area contributed by atoms with Crippen LogP contribution in [0.5, 0.6) is 0 Å². The van der Waals surface area contributed by atoms with Crippen molar-refractivity contribution in [3.8, 4) is 0 Å². The monoisotopic (exact) mass is 222 g/mol. The van der Waals surface area contributed by atoms with Gasteiger partial charge >= 0.3 is 0 Å². The zero-order chi connectivity index (χ0) is 13.0. The number of nitrogens with zero attached hydrogens (tertiary/aromatic N) is 2. The van der Waals surface area contributed by atoms with Crippen molar-refractivity contribution in [3.05, 3.63) is 36.5 Å². The standard InChI is InChI=1S/C10H14N2.2C2H6/c1-4-12(3)11-10-8-6-5-7-9(10)2;2*1-2/h5-8H,2,4H2,1,3H3;2*1-2H3/b11-10-;;. The summed E-state index contributed by atoms with van der Waals surface area (Å²) in [6, 6.07) is 0. The van der Waals surface area contributed by atoms with Crippen molar-refractivity contribution in [2.24, 2.45) is 5.10 Å². The average molecular weight is 222 g/mol. The van der Waals surface area contributed by atoms with Crippen LogP contribution in [-0.4, -0.2) is 24.3 Å². The largest absolute Gasteiger partial charge is 0.300 e. The first-order chi connectivity index (χ1) is 7.74. The van der Waals surface area contributed by atoms with Crippen LogP contribution in [0.4, 0.5) is 0 Å². The average Bonchev–Trinajstić information content (AvgIpc) is 2.37. The maximum absolute atomic E-state index is 4.35. The smallest absolute Gasteiger partial charge is 0.0897 e. The summed E-state index contributed by atoms with van der Waals surface area (Å²) < 4.78 is 0. The van der Waals surface area contributed by atoms with Gasteiger partial charge < -0.3 is 0 Å². The summed E-state index contributed by atoms with van der Waals surface area (Å²) in [5.74, 6) is 0. The van der Waals surface area contributed by atoms with Crippen LogP contribution in [0.15, 0.2) is 41.6 Å². The molecule has 2 heteroatoms. The number of allylic oxidation sites excluding steroid dienone is 5. The van der Waals surface area contributed by atoms with Gasteiger partial charge in [-0.25, -0.2) is 0 Å². The van der Waals surface area contributed by atoms with Crippen molar-refractivity contribution >= 4 is 5.71 Å².